The minimum atomic E-state index is -4.34. The molecule has 0 saturated heterocycles. The summed E-state index contributed by atoms with van der Waals surface area (Å²) in [5.41, 5.74) is 0.0956. The fourth-order valence-corrected chi connectivity index (χ4v) is 2.25. The first-order chi connectivity index (χ1) is 9.40. The summed E-state index contributed by atoms with van der Waals surface area (Å²) in [7, 11) is 1.65. The summed E-state index contributed by atoms with van der Waals surface area (Å²) >= 11 is 0. The van der Waals surface area contributed by atoms with Crippen molar-refractivity contribution >= 4 is 0 Å². The lowest BCUT2D eigenvalue weighted by atomic mass is 10.1. The van der Waals surface area contributed by atoms with Gasteiger partial charge in [0, 0.05) is 19.2 Å². The Morgan fingerprint density at radius 1 is 1.35 bits per heavy atom. The number of nitrogens with one attached hydrogen (secondary N) is 1. The van der Waals surface area contributed by atoms with Gasteiger partial charge < -0.3 is 10.1 Å². The van der Waals surface area contributed by atoms with Gasteiger partial charge >= 0.3 is 6.18 Å². The van der Waals surface area contributed by atoms with Crippen molar-refractivity contribution in [1.29, 1.82) is 0 Å². The van der Waals surface area contributed by atoms with Crippen molar-refractivity contribution in [1.82, 2.24) is 10.3 Å². The molecule has 6 heteroatoms. The van der Waals surface area contributed by atoms with Crippen molar-refractivity contribution < 1.29 is 17.9 Å². The van der Waals surface area contributed by atoms with E-state index in [1.165, 1.54) is 6.07 Å². The summed E-state index contributed by atoms with van der Waals surface area (Å²) in [6, 6.07) is 2.57. The number of methoxy groups -OCH3 is 1. The third-order valence-corrected chi connectivity index (χ3v) is 3.59. The highest BCUT2D eigenvalue weighted by atomic mass is 19.4. The Hall–Kier alpha value is -1.14. The van der Waals surface area contributed by atoms with Crippen LogP contribution in [-0.2, 0) is 23.9 Å². The zero-order chi connectivity index (χ0) is 14.8. The van der Waals surface area contributed by atoms with E-state index in [0.29, 0.717) is 18.8 Å². The molecule has 1 aromatic rings. The maximum atomic E-state index is 12.8. The first kappa shape index (κ1) is 15.3. The smallest absolute Gasteiger partial charge is 0.383 e. The van der Waals surface area contributed by atoms with Gasteiger partial charge in [-0.1, -0.05) is 6.92 Å². The van der Waals surface area contributed by atoms with Gasteiger partial charge in [-0.25, -0.2) is 0 Å². The van der Waals surface area contributed by atoms with Gasteiger partial charge in [0.2, 0.25) is 0 Å². The van der Waals surface area contributed by atoms with E-state index in [1.54, 1.807) is 14.0 Å². The highest BCUT2D eigenvalue weighted by Crippen LogP contribution is 2.36. The average molecular weight is 288 g/mol. The number of alkyl halides is 3. The number of hydrogen-bond acceptors (Lipinski definition) is 3. The summed E-state index contributed by atoms with van der Waals surface area (Å²) < 4.78 is 43.5. The van der Waals surface area contributed by atoms with Crippen LogP contribution in [0.2, 0.25) is 0 Å². The molecule has 0 spiro atoms. The van der Waals surface area contributed by atoms with Crippen LogP contribution in [-0.4, -0.2) is 24.2 Å². The third-order valence-electron chi connectivity index (χ3n) is 3.59. The van der Waals surface area contributed by atoms with E-state index in [4.69, 9.17) is 4.74 Å². The number of rotatable bonds is 6. The van der Waals surface area contributed by atoms with Crippen LogP contribution in [0.1, 0.15) is 36.7 Å². The molecule has 20 heavy (non-hydrogen) atoms. The van der Waals surface area contributed by atoms with Crippen molar-refractivity contribution in [3.63, 3.8) is 0 Å². The summed E-state index contributed by atoms with van der Waals surface area (Å²) in [4.78, 5) is 4.13. The highest BCUT2D eigenvalue weighted by molar-refractivity contribution is 5.26. The van der Waals surface area contributed by atoms with Crippen LogP contribution in [0.3, 0.4) is 0 Å². The minimum absolute atomic E-state index is 0.00843. The van der Waals surface area contributed by atoms with Gasteiger partial charge in [0.05, 0.1) is 23.6 Å². The molecular formula is C14H19F3N2O. The second kappa shape index (κ2) is 5.69. The summed E-state index contributed by atoms with van der Waals surface area (Å²) in [5, 5.41) is 3.33. The van der Waals surface area contributed by atoms with Crippen LogP contribution in [0.25, 0.3) is 0 Å². The molecule has 1 N–H and O–H groups in total. The SMILES string of the molecule is CCc1nc(CNC2(COC)CC2)ccc1C(F)(F)F. The summed E-state index contributed by atoms with van der Waals surface area (Å²) in [5.74, 6) is 0. The summed E-state index contributed by atoms with van der Waals surface area (Å²) in [6.45, 7) is 2.77. The van der Waals surface area contributed by atoms with Crippen molar-refractivity contribution in [3.05, 3.63) is 29.1 Å². The van der Waals surface area contributed by atoms with Gasteiger partial charge in [0.1, 0.15) is 0 Å². The van der Waals surface area contributed by atoms with E-state index in [1.807, 2.05) is 0 Å². The quantitative estimate of drug-likeness (QED) is 0.874. The normalized spacial score (nSPS) is 17.2. The number of pyridine rings is 1. The molecule has 2 rings (SSSR count). The lowest BCUT2D eigenvalue weighted by Crippen LogP contribution is -2.35. The van der Waals surface area contributed by atoms with E-state index < -0.39 is 11.7 Å². The Balaban J connectivity index is 2.07. The van der Waals surface area contributed by atoms with Crippen LogP contribution in [0, 0.1) is 0 Å². The zero-order valence-electron chi connectivity index (χ0n) is 11.7. The fraction of sp³-hybridized carbons (Fsp3) is 0.643. The second-order valence-corrected chi connectivity index (χ2v) is 5.22. The topological polar surface area (TPSA) is 34.2 Å². The van der Waals surface area contributed by atoms with Crippen LogP contribution in [0.5, 0.6) is 0 Å². The maximum Gasteiger partial charge on any atom is 0.418 e. The molecule has 112 valence electrons. The largest absolute Gasteiger partial charge is 0.418 e. The van der Waals surface area contributed by atoms with Gasteiger partial charge in [-0.2, -0.15) is 13.2 Å². The predicted molar refractivity (Wildman–Crippen MR) is 69.3 cm³/mol. The maximum absolute atomic E-state index is 12.8. The molecule has 0 amide bonds. The Kier molecular flexibility index (Phi) is 4.34. The van der Waals surface area contributed by atoms with Crippen LogP contribution < -0.4 is 5.32 Å². The van der Waals surface area contributed by atoms with E-state index >= 15 is 0 Å². The van der Waals surface area contributed by atoms with Gasteiger partial charge in [-0.05, 0) is 31.4 Å². The molecule has 0 aliphatic heterocycles. The molecule has 1 heterocycles. The molecule has 1 saturated carbocycles. The van der Waals surface area contributed by atoms with Gasteiger partial charge in [0.15, 0.2) is 0 Å². The van der Waals surface area contributed by atoms with Crippen LogP contribution in [0.15, 0.2) is 12.1 Å². The molecule has 1 aromatic heterocycles. The highest BCUT2D eigenvalue weighted by Gasteiger charge is 2.42. The lowest BCUT2D eigenvalue weighted by Gasteiger charge is -2.17. The predicted octanol–water partition coefficient (Wildman–Crippen LogP) is 2.93. The van der Waals surface area contributed by atoms with Crippen LogP contribution in [0.4, 0.5) is 13.2 Å². The molecular weight excluding hydrogens is 269 g/mol. The van der Waals surface area contributed by atoms with E-state index in [0.717, 1.165) is 18.9 Å². The zero-order valence-corrected chi connectivity index (χ0v) is 11.7. The molecule has 0 aromatic carbocycles. The third kappa shape index (κ3) is 3.49. The number of ether oxygens (including phenoxy) is 1. The molecule has 0 atom stereocenters. The minimum Gasteiger partial charge on any atom is -0.383 e. The average Bonchev–Trinajstić information content (AvgIpc) is 3.15. The fourth-order valence-electron chi connectivity index (χ4n) is 2.25. The van der Waals surface area contributed by atoms with Gasteiger partial charge in [-0.15, -0.1) is 0 Å². The standard InChI is InChI=1S/C14H19F3N2O/c1-3-12-11(14(15,16)17)5-4-10(19-12)8-18-13(6-7-13)9-20-2/h4-5,18H,3,6-9H2,1-2H3. The molecule has 0 unspecified atom stereocenters. The number of aromatic nitrogens is 1. The monoisotopic (exact) mass is 288 g/mol. The van der Waals surface area contributed by atoms with Gasteiger partial charge in [-0.3, -0.25) is 4.98 Å². The van der Waals surface area contributed by atoms with Crippen molar-refractivity contribution in [2.75, 3.05) is 13.7 Å². The molecule has 1 aliphatic carbocycles. The van der Waals surface area contributed by atoms with E-state index in [9.17, 15) is 13.2 Å². The number of halogens is 3. The first-order valence-electron chi connectivity index (χ1n) is 6.70. The number of nitrogens with zero attached hydrogens (tertiary/aromatic N) is 1. The number of aryl methyl sites for hydroxylation is 1. The lowest BCUT2D eigenvalue weighted by molar-refractivity contribution is -0.138. The Labute approximate surface area is 116 Å². The van der Waals surface area contributed by atoms with Crippen molar-refractivity contribution in [2.24, 2.45) is 0 Å². The van der Waals surface area contributed by atoms with Crippen molar-refractivity contribution in [2.45, 2.75) is 44.4 Å². The first-order valence-corrected chi connectivity index (χ1v) is 6.70. The van der Waals surface area contributed by atoms with E-state index in [-0.39, 0.29) is 17.7 Å². The molecule has 0 radical (unpaired) electrons. The number of hydrogen-bond donors (Lipinski definition) is 1. The molecule has 3 nitrogen and oxygen atoms in total. The molecule has 1 aliphatic rings. The Bertz CT molecular complexity index is 470. The molecule has 1 fully saturated rings. The van der Waals surface area contributed by atoms with Crippen molar-refractivity contribution in [3.8, 4) is 0 Å². The Morgan fingerprint density at radius 2 is 2.05 bits per heavy atom. The molecule has 0 bridgehead atoms. The summed E-state index contributed by atoms with van der Waals surface area (Å²) in [6.07, 6.45) is -2.01. The second-order valence-electron chi connectivity index (χ2n) is 5.22. The van der Waals surface area contributed by atoms with Gasteiger partial charge in [0.25, 0.3) is 0 Å². The van der Waals surface area contributed by atoms with Crippen LogP contribution >= 0.6 is 0 Å². The Morgan fingerprint density at radius 3 is 2.55 bits per heavy atom. The van der Waals surface area contributed by atoms with E-state index in [2.05, 4.69) is 10.3 Å².